The van der Waals surface area contributed by atoms with Crippen LogP contribution in [0, 0.1) is 21.4 Å². The highest BCUT2D eigenvalue weighted by molar-refractivity contribution is 6.01. The van der Waals surface area contributed by atoms with E-state index in [1.165, 1.54) is 19.3 Å². The lowest BCUT2D eigenvalue weighted by atomic mass is 10.1. The SMILES string of the molecule is COc1cc(/C=C(\C#N)C(=O)NCc2ccccc2)cc([N+](=O)[O-])c1O. The summed E-state index contributed by atoms with van der Waals surface area (Å²) >= 11 is 0. The fourth-order valence-corrected chi connectivity index (χ4v) is 2.18. The number of benzene rings is 2. The smallest absolute Gasteiger partial charge is 0.315 e. The number of nitrogens with one attached hydrogen (secondary N) is 1. The number of carbonyl (C=O) groups excluding carboxylic acids is 1. The average Bonchev–Trinajstić information content (AvgIpc) is 2.65. The number of nitriles is 1. The van der Waals surface area contributed by atoms with E-state index in [2.05, 4.69) is 5.32 Å². The Kier molecular flexibility index (Phi) is 5.90. The van der Waals surface area contributed by atoms with E-state index in [0.29, 0.717) is 0 Å². The zero-order valence-corrected chi connectivity index (χ0v) is 13.8. The molecule has 0 atom stereocenters. The molecule has 8 heteroatoms. The predicted molar refractivity (Wildman–Crippen MR) is 93.2 cm³/mol. The van der Waals surface area contributed by atoms with E-state index in [0.717, 1.165) is 11.6 Å². The van der Waals surface area contributed by atoms with E-state index in [-0.39, 0.29) is 23.4 Å². The summed E-state index contributed by atoms with van der Waals surface area (Å²) in [6.45, 7) is 0.234. The van der Waals surface area contributed by atoms with Gasteiger partial charge in [-0.25, -0.2) is 0 Å². The third-order valence-corrected chi connectivity index (χ3v) is 3.47. The van der Waals surface area contributed by atoms with Gasteiger partial charge in [0, 0.05) is 12.6 Å². The van der Waals surface area contributed by atoms with Crippen molar-refractivity contribution in [2.75, 3.05) is 7.11 Å². The van der Waals surface area contributed by atoms with Crippen molar-refractivity contribution in [3.8, 4) is 17.6 Å². The van der Waals surface area contributed by atoms with Gasteiger partial charge in [-0.2, -0.15) is 5.26 Å². The number of aromatic hydroxyl groups is 1. The van der Waals surface area contributed by atoms with E-state index in [1.54, 1.807) is 6.07 Å². The monoisotopic (exact) mass is 353 g/mol. The van der Waals surface area contributed by atoms with E-state index >= 15 is 0 Å². The van der Waals surface area contributed by atoms with Crippen LogP contribution in [0.2, 0.25) is 0 Å². The summed E-state index contributed by atoms with van der Waals surface area (Å²) in [4.78, 5) is 22.4. The minimum Gasteiger partial charge on any atom is -0.500 e. The molecule has 8 nitrogen and oxygen atoms in total. The molecular weight excluding hydrogens is 338 g/mol. The third-order valence-electron chi connectivity index (χ3n) is 3.47. The Bertz CT molecular complexity index is 901. The number of phenols is 1. The van der Waals surface area contributed by atoms with Crippen molar-refractivity contribution in [3.05, 3.63) is 69.3 Å². The molecule has 1 amide bonds. The Labute approximate surface area is 149 Å². The highest BCUT2D eigenvalue weighted by Crippen LogP contribution is 2.37. The quantitative estimate of drug-likeness (QED) is 0.356. The van der Waals surface area contributed by atoms with Gasteiger partial charge < -0.3 is 15.2 Å². The number of carbonyl (C=O) groups is 1. The predicted octanol–water partition coefficient (Wildman–Crippen LogP) is 2.53. The largest absolute Gasteiger partial charge is 0.500 e. The number of nitro groups is 1. The zero-order chi connectivity index (χ0) is 19.1. The van der Waals surface area contributed by atoms with Crippen molar-refractivity contribution >= 4 is 17.7 Å². The van der Waals surface area contributed by atoms with E-state index in [9.17, 15) is 25.3 Å². The minimum atomic E-state index is -0.781. The molecule has 0 spiro atoms. The van der Waals surface area contributed by atoms with Crippen molar-refractivity contribution < 1.29 is 19.6 Å². The Morgan fingerprint density at radius 3 is 2.65 bits per heavy atom. The van der Waals surface area contributed by atoms with Gasteiger partial charge in [-0.3, -0.25) is 14.9 Å². The summed E-state index contributed by atoms with van der Waals surface area (Å²) in [6, 6.07) is 13.3. The Morgan fingerprint density at radius 2 is 2.08 bits per heavy atom. The lowest BCUT2D eigenvalue weighted by Crippen LogP contribution is -2.23. The van der Waals surface area contributed by atoms with Crippen molar-refractivity contribution in [3.63, 3.8) is 0 Å². The van der Waals surface area contributed by atoms with E-state index in [1.807, 2.05) is 30.3 Å². The zero-order valence-electron chi connectivity index (χ0n) is 13.8. The van der Waals surface area contributed by atoms with Crippen LogP contribution >= 0.6 is 0 Å². The van der Waals surface area contributed by atoms with Gasteiger partial charge in [0.1, 0.15) is 11.6 Å². The molecule has 0 aliphatic carbocycles. The molecule has 0 fully saturated rings. The van der Waals surface area contributed by atoms with E-state index < -0.39 is 22.3 Å². The molecule has 0 aromatic heterocycles. The molecule has 2 aromatic rings. The number of phenolic OH excluding ortho intramolecular Hbond substituents is 1. The fourth-order valence-electron chi connectivity index (χ4n) is 2.18. The summed E-state index contributed by atoms with van der Waals surface area (Å²) in [5.41, 5.74) is 0.221. The molecule has 0 heterocycles. The molecular formula is C18H15N3O5. The van der Waals surface area contributed by atoms with Crippen LogP contribution in [0.3, 0.4) is 0 Å². The number of hydrogen-bond donors (Lipinski definition) is 2. The van der Waals surface area contributed by atoms with Crippen molar-refractivity contribution in [1.29, 1.82) is 5.26 Å². The van der Waals surface area contributed by atoms with Crippen molar-refractivity contribution in [2.45, 2.75) is 6.54 Å². The lowest BCUT2D eigenvalue weighted by Gasteiger charge is -2.07. The maximum Gasteiger partial charge on any atom is 0.315 e. The number of nitro benzene ring substituents is 1. The van der Waals surface area contributed by atoms with Gasteiger partial charge in [0.2, 0.25) is 5.75 Å². The molecule has 132 valence electrons. The number of hydrogen-bond acceptors (Lipinski definition) is 6. The molecule has 2 N–H and O–H groups in total. The van der Waals surface area contributed by atoms with Crippen molar-refractivity contribution in [1.82, 2.24) is 5.32 Å². The van der Waals surface area contributed by atoms with Gasteiger partial charge in [0.15, 0.2) is 5.75 Å². The van der Waals surface area contributed by atoms with Crippen LogP contribution in [0.15, 0.2) is 48.0 Å². The summed E-state index contributed by atoms with van der Waals surface area (Å²) in [7, 11) is 1.24. The molecule has 0 radical (unpaired) electrons. The summed E-state index contributed by atoms with van der Waals surface area (Å²) < 4.78 is 4.89. The van der Waals surface area contributed by atoms with Gasteiger partial charge >= 0.3 is 5.69 Å². The molecule has 0 saturated heterocycles. The number of rotatable bonds is 6. The molecule has 2 rings (SSSR count). The van der Waals surface area contributed by atoms with Crippen LogP contribution in [0.25, 0.3) is 6.08 Å². The number of ether oxygens (including phenoxy) is 1. The Balaban J connectivity index is 2.27. The summed E-state index contributed by atoms with van der Waals surface area (Å²) in [5, 5.41) is 32.6. The number of amides is 1. The minimum absolute atomic E-state index is 0.132. The lowest BCUT2D eigenvalue weighted by molar-refractivity contribution is -0.386. The topological polar surface area (TPSA) is 125 Å². The van der Waals surface area contributed by atoms with Gasteiger partial charge in [0.05, 0.1) is 12.0 Å². The molecule has 0 unspecified atom stereocenters. The average molecular weight is 353 g/mol. The van der Waals surface area contributed by atoms with Crippen LogP contribution in [-0.2, 0) is 11.3 Å². The first kappa shape index (κ1) is 18.5. The second-order valence-corrected chi connectivity index (χ2v) is 5.19. The Morgan fingerprint density at radius 1 is 1.38 bits per heavy atom. The Hall–Kier alpha value is -3.86. The maximum atomic E-state index is 12.2. The number of nitrogens with zero attached hydrogens (tertiary/aromatic N) is 2. The first-order valence-electron chi connectivity index (χ1n) is 7.45. The summed E-state index contributed by atoms with van der Waals surface area (Å²) in [6.07, 6.45) is 1.19. The van der Waals surface area contributed by atoms with Gasteiger partial charge in [-0.1, -0.05) is 30.3 Å². The van der Waals surface area contributed by atoms with Crippen LogP contribution in [0.5, 0.6) is 11.5 Å². The second kappa shape index (κ2) is 8.30. The van der Waals surface area contributed by atoms with Gasteiger partial charge in [-0.15, -0.1) is 0 Å². The van der Waals surface area contributed by atoms with E-state index in [4.69, 9.17) is 4.74 Å². The first-order valence-corrected chi connectivity index (χ1v) is 7.45. The highest BCUT2D eigenvalue weighted by atomic mass is 16.6. The van der Waals surface area contributed by atoms with Crippen molar-refractivity contribution in [2.24, 2.45) is 0 Å². The highest BCUT2D eigenvalue weighted by Gasteiger charge is 2.20. The van der Waals surface area contributed by atoms with Crippen LogP contribution in [0.1, 0.15) is 11.1 Å². The third kappa shape index (κ3) is 4.36. The molecule has 0 aliphatic heterocycles. The normalized spacial score (nSPS) is 10.7. The number of methoxy groups -OCH3 is 1. The molecule has 26 heavy (non-hydrogen) atoms. The van der Waals surface area contributed by atoms with Gasteiger partial charge in [-0.05, 0) is 23.3 Å². The second-order valence-electron chi connectivity index (χ2n) is 5.19. The fraction of sp³-hybridized carbons (Fsp3) is 0.111. The molecule has 0 aliphatic rings. The first-order chi connectivity index (χ1) is 12.5. The molecule has 0 saturated carbocycles. The summed E-state index contributed by atoms with van der Waals surface area (Å²) in [5.74, 6) is -1.37. The maximum absolute atomic E-state index is 12.2. The van der Waals surface area contributed by atoms with Crippen LogP contribution in [0.4, 0.5) is 5.69 Å². The standard InChI is InChI=1S/C18H15N3O5/c1-26-16-9-13(8-15(17(16)22)21(24)25)7-14(10-19)18(23)20-11-12-5-3-2-4-6-12/h2-9,22H,11H2,1H3,(H,20,23)/b14-7+. The van der Waals surface area contributed by atoms with Crippen LogP contribution in [-0.4, -0.2) is 23.0 Å². The van der Waals surface area contributed by atoms with Crippen LogP contribution < -0.4 is 10.1 Å². The molecule has 2 aromatic carbocycles. The molecule has 0 bridgehead atoms. The van der Waals surface area contributed by atoms with Gasteiger partial charge in [0.25, 0.3) is 5.91 Å².